The van der Waals surface area contributed by atoms with Crippen molar-refractivity contribution in [3.05, 3.63) is 49.0 Å². The van der Waals surface area contributed by atoms with E-state index in [-0.39, 0.29) is 78.5 Å². The van der Waals surface area contributed by atoms with Gasteiger partial charge in [-0.15, -0.1) is 21.8 Å². The lowest BCUT2D eigenvalue weighted by molar-refractivity contribution is -0.393. The number of hydrogen-bond acceptors (Lipinski definition) is 13. The van der Waals surface area contributed by atoms with Crippen LogP contribution in [0.25, 0.3) is 0 Å². The minimum Gasteiger partial charge on any atom is -0.492 e. The van der Waals surface area contributed by atoms with Crippen LogP contribution < -0.4 is 15.0 Å². The second-order valence-electron chi connectivity index (χ2n) is 8.77. The molecule has 2 aromatic carbocycles. The quantitative estimate of drug-likeness (QED) is 0.0668. The average molecular weight is 702 g/mol. The zero-order valence-corrected chi connectivity index (χ0v) is 26.4. The molecule has 2 aromatic rings. The number of halogens is 2. The van der Waals surface area contributed by atoms with Crippen LogP contribution in [0.3, 0.4) is 0 Å². The number of hydrogen-bond donors (Lipinski definition) is 1. The number of carbonyl (C=O) groups is 3. The number of nitro benzene ring substituents is 2. The topological polar surface area (TPSA) is 205 Å². The predicted molar refractivity (Wildman–Crippen MR) is 163 cm³/mol. The van der Waals surface area contributed by atoms with Crippen LogP contribution in [0.1, 0.15) is 33.6 Å². The molecule has 44 heavy (non-hydrogen) atoms. The van der Waals surface area contributed by atoms with E-state index in [4.69, 9.17) is 25.8 Å². The van der Waals surface area contributed by atoms with E-state index in [0.717, 1.165) is 12.1 Å². The maximum Gasteiger partial charge on any atom is 0.320 e. The molecule has 2 rings (SSSR count). The first-order valence-electron chi connectivity index (χ1n) is 13.2. The lowest BCUT2D eigenvalue weighted by Gasteiger charge is -2.27. The van der Waals surface area contributed by atoms with E-state index >= 15 is 0 Å². The summed E-state index contributed by atoms with van der Waals surface area (Å²) in [7, 11) is 0. The Morgan fingerprint density at radius 2 is 1.66 bits per heavy atom. The van der Waals surface area contributed by atoms with Crippen LogP contribution in [0.15, 0.2) is 39.0 Å². The minimum atomic E-state index is -0.836. The monoisotopic (exact) mass is 700 g/mol. The molecule has 0 aromatic heterocycles. The summed E-state index contributed by atoms with van der Waals surface area (Å²) in [5.74, 6) is -1.58. The Labute approximate surface area is 265 Å². The molecule has 0 bridgehead atoms. The van der Waals surface area contributed by atoms with Gasteiger partial charge in [0.1, 0.15) is 30.5 Å². The zero-order valence-electron chi connectivity index (χ0n) is 24.0. The summed E-state index contributed by atoms with van der Waals surface area (Å²) in [5.41, 5.74) is -0.922. The highest BCUT2D eigenvalue weighted by Gasteiger charge is 2.24. The molecule has 0 heterocycles. The Bertz CT molecular complexity index is 1420. The van der Waals surface area contributed by atoms with Gasteiger partial charge >= 0.3 is 17.6 Å². The molecule has 1 N–H and O–H groups in total. The van der Waals surface area contributed by atoms with Gasteiger partial charge in [0.05, 0.1) is 51.5 Å². The van der Waals surface area contributed by atoms with Crippen LogP contribution in [-0.4, -0.2) is 66.5 Å². The summed E-state index contributed by atoms with van der Waals surface area (Å²) in [6.07, 6.45) is 0.855. The Morgan fingerprint density at radius 1 is 1.00 bits per heavy atom. The van der Waals surface area contributed by atoms with Gasteiger partial charge < -0.3 is 24.4 Å². The van der Waals surface area contributed by atoms with Crippen LogP contribution in [-0.2, 0) is 23.9 Å². The molecule has 0 atom stereocenters. The van der Waals surface area contributed by atoms with Crippen molar-refractivity contribution in [2.75, 3.05) is 49.0 Å². The molecule has 0 saturated heterocycles. The highest BCUT2D eigenvalue weighted by molar-refractivity contribution is 9.10. The molecule has 0 spiro atoms. The van der Waals surface area contributed by atoms with Crippen LogP contribution >= 0.6 is 27.5 Å². The van der Waals surface area contributed by atoms with E-state index < -0.39 is 33.1 Å². The molecular weight excluding hydrogens is 672 g/mol. The van der Waals surface area contributed by atoms with Crippen LogP contribution in [0.4, 0.5) is 34.1 Å². The molecule has 18 heteroatoms. The third-order valence-corrected chi connectivity index (χ3v) is 6.36. The number of alkyl halides is 1. The smallest absolute Gasteiger partial charge is 0.320 e. The fourth-order valence-corrected chi connectivity index (χ4v) is 4.27. The normalized spacial score (nSPS) is 10.8. The predicted octanol–water partition coefficient (Wildman–Crippen LogP) is 5.97. The van der Waals surface area contributed by atoms with E-state index in [1.54, 1.807) is 11.8 Å². The van der Waals surface area contributed by atoms with E-state index in [2.05, 4.69) is 31.5 Å². The highest BCUT2D eigenvalue weighted by Crippen LogP contribution is 2.43. The zero-order chi connectivity index (χ0) is 32.8. The number of nitrogens with one attached hydrogen (secondary N) is 1. The van der Waals surface area contributed by atoms with Crippen LogP contribution in [0, 0.1) is 20.2 Å². The van der Waals surface area contributed by atoms with Gasteiger partial charge in [-0.3, -0.25) is 34.6 Å². The maximum atomic E-state index is 12.1. The van der Waals surface area contributed by atoms with Gasteiger partial charge in [-0.1, -0.05) is 6.92 Å². The average Bonchev–Trinajstić information content (AvgIpc) is 2.96. The van der Waals surface area contributed by atoms with Gasteiger partial charge in [0, 0.05) is 25.5 Å². The molecule has 0 aliphatic carbocycles. The van der Waals surface area contributed by atoms with Crippen molar-refractivity contribution in [3.63, 3.8) is 0 Å². The lowest BCUT2D eigenvalue weighted by Crippen LogP contribution is -2.32. The fourth-order valence-electron chi connectivity index (χ4n) is 3.67. The van der Waals surface area contributed by atoms with Gasteiger partial charge in [-0.2, -0.15) is 0 Å². The maximum absolute atomic E-state index is 12.1. The van der Waals surface area contributed by atoms with E-state index in [1.165, 1.54) is 19.1 Å². The van der Waals surface area contributed by atoms with Gasteiger partial charge in [0.25, 0.3) is 5.69 Å². The summed E-state index contributed by atoms with van der Waals surface area (Å²) in [6, 6.07) is 4.74. The number of carbonyl (C=O) groups excluding carboxylic acids is 3. The SMILES string of the molecule is CCCC(=O)OCCN(CCOC(=O)CCl)c1cc(NC(C)=O)c(N=Nc2c(Br)cc([N+](=O)[O-])cc2[N+](=O)[O-])cc1OCC. The number of azo groups is 1. The van der Waals surface area contributed by atoms with Crippen molar-refractivity contribution in [1.29, 1.82) is 0 Å². The number of amides is 1. The number of esters is 2. The summed E-state index contributed by atoms with van der Waals surface area (Å²) in [6.45, 7) is 5.20. The molecule has 0 saturated carbocycles. The number of rotatable bonds is 17. The van der Waals surface area contributed by atoms with Crippen molar-refractivity contribution in [2.45, 2.75) is 33.6 Å². The van der Waals surface area contributed by atoms with E-state index in [1.807, 2.05) is 6.92 Å². The molecule has 0 aliphatic heterocycles. The minimum absolute atomic E-state index is 0.0113. The third-order valence-electron chi connectivity index (χ3n) is 5.53. The number of anilines is 2. The Balaban J connectivity index is 2.62. The lowest BCUT2D eigenvalue weighted by atomic mass is 10.2. The van der Waals surface area contributed by atoms with Crippen molar-refractivity contribution in [3.8, 4) is 5.75 Å². The molecule has 1 amide bonds. The second kappa shape index (κ2) is 17.7. The number of benzene rings is 2. The first-order valence-corrected chi connectivity index (χ1v) is 14.5. The molecule has 238 valence electrons. The standard InChI is InChI=1S/C26H30BrClN6O10/c1-4-6-24(36)43-9-7-32(8-10-44-25(37)15-28)21-13-19(29-16(3)35)20(14-23(21)42-5-2)30-31-26-18(27)11-17(33(38)39)12-22(26)34(40)41/h11-14H,4-10,15H2,1-3H3,(H,29,35). The second-order valence-corrected chi connectivity index (χ2v) is 9.89. The first kappa shape index (κ1) is 35.8. The summed E-state index contributed by atoms with van der Waals surface area (Å²) >= 11 is 8.60. The fraction of sp³-hybridized carbons (Fsp3) is 0.423. The third kappa shape index (κ3) is 10.7. The van der Waals surface area contributed by atoms with E-state index in [9.17, 15) is 34.6 Å². The summed E-state index contributed by atoms with van der Waals surface area (Å²) < 4.78 is 16.2. The molecule has 0 radical (unpaired) electrons. The van der Waals surface area contributed by atoms with Crippen molar-refractivity contribution in [2.24, 2.45) is 10.2 Å². The summed E-state index contributed by atoms with van der Waals surface area (Å²) in [5, 5.41) is 33.5. The first-order chi connectivity index (χ1) is 20.9. The molecule has 0 aliphatic rings. The Morgan fingerprint density at radius 3 is 2.20 bits per heavy atom. The summed E-state index contributed by atoms with van der Waals surface area (Å²) in [4.78, 5) is 58.6. The van der Waals surface area contributed by atoms with Crippen LogP contribution in [0.5, 0.6) is 5.75 Å². The van der Waals surface area contributed by atoms with Gasteiger partial charge in [0.2, 0.25) is 5.91 Å². The number of nitro groups is 2. The highest BCUT2D eigenvalue weighted by atomic mass is 79.9. The van der Waals surface area contributed by atoms with Crippen molar-refractivity contribution < 1.29 is 38.4 Å². The largest absolute Gasteiger partial charge is 0.492 e. The molecule has 16 nitrogen and oxygen atoms in total. The number of non-ortho nitro benzene ring substituents is 1. The van der Waals surface area contributed by atoms with E-state index in [0.29, 0.717) is 12.1 Å². The molecule has 0 unspecified atom stereocenters. The van der Waals surface area contributed by atoms with Crippen molar-refractivity contribution in [1.82, 2.24) is 0 Å². The van der Waals surface area contributed by atoms with Crippen LogP contribution in [0.2, 0.25) is 0 Å². The van der Waals surface area contributed by atoms with Crippen molar-refractivity contribution >= 4 is 79.5 Å². The molecular formula is C26H30BrClN6O10. The Hall–Kier alpha value is -4.38. The van der Waals surface area contributed by atoms with Gasteiger partial charge in [-0.25, -0.2) is 0 Å². The number of ether oxygens (including phenoxy) is 3. The molecule has 0 fully saturated rings. The number of nitrogens with zero attached hydrogens (tertiary/aromatic N) is 5. The van der Waals surface area contributed by atoms with Gasteiger partial charge in [0.15, 0.2) is 5.69 Å². The van der Waals surface area contributed by atoms with Gasteiger partial charge in [-0.05, 0) is 35.3 Å². The Kier molecular flexibility index (Phi) is 14.4.